The zero-order valence-electron chi connectivity index (χ0n) is 11.2. The average Bonchev–Trinajstić information content (AvgIpc) is 2.46. The van der Waals surface area contributed by atoms with Gasteiger partial charge in [-0.2, -0.15) is 0 Å². The van der Waals surface area contributed by atoms with E-state index in [2.05, 4.69) is 0 Å². The molecule has 1 saturated heterocycles. The van der Waals surface area contributed by atoms with Gasteiger partial charge in [0.25, 0.3) is 0 Å². The Hall–Kier alpha value is -0.710. The first-order valence-electron chi connectivity index (χ1n) is 6.53. The van der Waals surface area contributed by atoms with Crippen LogP contribution in [0.25, 0.3) is 0 Å². The minimum Gasteiger partial charge on any atom is -0.480 e. The fourth-order valence-corrected chi connectivity index (χ4v) is 5.59. The van der Waals surface area contributed by atoms with E-state index >= 15 is 0 Å². The lowest BCUT2D eigenvalue weighted by Gasteiger charge is -2.41. The zero-order chi connectivity index (χ0) is 13.6. The topological polar surface area (TPSA) is 57.6 Å². The fourth-order valence-electron chi connectivity index (χ4n) is 3.46. The van der Waals surface area contributed by atoms with E-state index in [4.69, 9.17) is 0 Å². The number of carbonyl (C=O) groups excluding carboxylic acids is 1. The number of thioether (sulfide) groups is 1. The highest BCUT2D eigenvalue weighted by atomic mass is 32.2. The lowest BCUT2D eigenvalue weighted by Crippen LogP contribution is -2.54. The summed E-state index contributed by atoms with van der Waals surface area (Å²) in [6.45, 7) is 5.37. The molecule has 0 radical (unpaired) electrons. The van der Waals surface area contributed by atoms with Crippen LogP contribution in [-0.4, -0.2) is 37.5 Å². The minimum absolute atomic E-state index is 0.109. The molecule has 102 valence electrons. The standard InChI is InChI=1S/C13H21NO3S/c1-9(15)14-10(11(16)17)12(2,3)18-13(14)7-5-4-6-8-13/h10H,4-8H2,1-3H3,(H,16,17). The number of hydrogen-bond acceptors (Lipinski definition) is 3. The van der Waals surface area contributed by atoms with E-state index in [1.54, 1.807) is 16.7 Å². The number of aliphatic carboxylic acids is 1. The van der Waals surface area contributed by atoms with Gasteiger partial charge in [-0.3, -0.25) is 4.79 Å². The summed E-state index contributed by atoms with van der Waals surface area (Å²) in [6.07, 6.45) is 5.19. The van der Waals surface area contributed by atoms with Gasteiger partial charge in [-0.1, -0.05) is 19.3 Å². The van der Waals surface area contributed by atoms with Gasteiger partial charge < -0.3 is 10.0 Å². The van der Waals surface area contributed by atoms with E-state index in [9.17, 15) is 14.7 Å². The van der Waals surface area contributed by atoms with E-state index in [1.165, 1.54) is 13.3 Å². The van der Waals surface area contributed by atoms with Crippen LogP contribution < -0.4 is 0 Å². The van der Waals surface area contributed by atoms with Gasteiger partial charge in [-0.15, -0.1) is 11.8 Å². The summed E-state index contributed by atoms with van der Waals surface area (Å²) in [5, 5.41) is 9.47. The molecule has 1 amide bonds. The fraction of sp³-hybridized carbons (Fsp3) is 0.846. The van der Waals surface area contributed by atoms with Crippen molar-refractivity contribution in [3.8, 4) is 0 Å². The molecule has 1 atom stereocenters. The average molecular weight is 271 g/mol. The van der Waals surface area contributed by atoms with Crippen LogP contribution in [0.5, 0.6) is 0 Å². The van der Waals surface area contributed by atoms with E-state index in [1.807, 2.05) is 13.8 Å². The molecule has 2 aliphatic rings. The first-order chi connectivity index (χ1) is 8.30. The summed E-state index contributed by atoms with van der Waals surface area (Å²) in [5.41, 5.74) is 0. The van der Waals surface area contributed by atoms with Crippen molar-refractivity contribution < 1.29 is 14.7 Å². The predicted molar refractivity (Wildman–Crippen MR) is 71.4 cm³/mol. The Morgan fingerprint density at radius 1 is 1.22 bits per heavy atom. The Kier molecular flexibility index (Phi) is 3.38. The van der Waals surface area contributed by atoms with Crippen molar-refractivity contribution in [2.75, 3.05) is 0 Å². The summed E-state index contributed by atoms with van der Waals surface area (Å²) in [5.74, 6) is -0.993. The van der Waals surface area contributed by atoms with Crippen LogP contribution in [0.15, 0.2) is 0 Å². The molecule has 0 aromatic carbocycles. The number of carboxylic acids is 1. The number of amides is 1. The summed E-state index contributed by atoms with van der Waals surface area (Å²) in [6, 6.07) is -0.710. The number of hydrogen-bond donors (Lipinski definition) is 1. The number of carbonyl (C=O) groups is 2. The monoisotopic (exact) mass is 271 g/mol. The van der Waals surface area contributed by atoms with Gasteiger partial charge >= 0.3 is 5.97 Å². The van der Waals surface area contributed by atoms with Crippen molar-refractivity contribution in [1.29, 1.82) is 0 Å². The molecule has 0 aromatic rings. The number of nitrogens with zero attached hydrogens (tertiary/aromatic N) is 1. The molecule has 1 aliphatic carbocycles. The van der Waals surface area contributed by atoms with Gasteiger partial charge in [0.1, 0.15) is 6.04 Å². The molecule has 18 heavy (non-hydrogen) atoms. The molecule has 1 spiro atoms. The van der Waals surface area contributed by atoms with Crippen LogP contribution in [0.2, 0.25) is 0 Å². The highest BCUT2D eigenvalue weighted by Crippen LogP contribution is 2.57. The van der Waals surface area contributed by atoms with E-state index in [0.717, 1.165) is 25.7 Å². The maximum Gasteiger partial charge on any atom is 0.327 e. The van der Waals surface area contributed by atoms with Gasteiger partial charge in [-0.25, -0.2) is 4.79 Å². The van der Waals surface area contributed by atoms with Crippen LogP contribution in [0, 0.1) is 0 Å². The third kappa shape index (κ3) is 2.02. The Labute approximate surface area is 112 Å². The molecule has 0 bridgehead atoms. The van der Waals surface area contributed by atoms with Gasteiger partial charge in [-0.05, 0) is 26.7 Å². The highest BCUT2D eigenvalue weighted by molar-refractivity contribution is 8.02. The smallest absolute Gasteiger partial charge is 0.327 e. The third-order valence-electron chi connectivity index (χ3n) is 4.02. The van der Waals surface area contributed by atoms with Gasteiger partial charge in [0.05, 0.1) is 4.87 Å². The predicted octanol–water partition coefficient (Wildman–Crippen LogP) is 2.47. The Morgan fingerprint density at radius 3 is 2.22 bits per heavy atom. The second kappa shape index (κ2) is 4.44. The lowest BCUT2D eigenvalue weighted by atomic mass is 9.91. The first kappa shape index (κ1) is 13.7. The van der Waals surface area contributed by atoms with E-state index in [-0.39, 0.29) is 10.8 Å². The second-order valence-corrected chi connectivity index (χ2v) is 7.86. The molecule has 4 nitrogen and oxygen atoms in total. The van der Waals surface area contributed by atoms with Crippen LogP contribution in [0.4, 0.5) is 0 Å². The second-order valence-electron chi connectivity index (χ2n) is 5.84. The maximum atomic E-state index is 12.0. The summed E-state index contributed by atoms with van der Waals surface area (Å²) < 4.78 is -0.422. The van der Waals surface area contributed by atoms with Crippen molar-refractivity contribution in [3.05, 3.63) is 0 Å². The molecule has 0 aromatic heterocycles. The first-order valence-corrected chi connectivity index (χ1v) is 7.35. The molecule has 1 aliphatic heterocycles. The Bertz CT molecular complexity index is 374. The molecule has 1 saturated carbocycles. The van der Waals surface area contributed by atoms with Crippen LogP contribution in [-0.2, 0) is 9.59 Å². The largest absolute Gasteiger partial charge is 0.480 e. The SMILES string of the molecule is CC(=O)N1C(C(=O)O)C(C)(C)SC12CCCCC2. The van der Waals surface area contributed by atoms with Gasteiger partial charge in [0, 0.05) is 11.7 Å². The molecule has 1 N–H and O–H groups in total. The van der Waals surface area contributed by atoms with Gasteiger partial charge in [0.15, 0.2) is 0 Å². The van der Waals surface area contributed by atoms with Crippen molar-refractivity contribution in [2.24, 2.45) is 0 Å². The Balaban J connectivity index is 2.42. The van der Waals surface area contributed by atoms with Crippen molar-refractivity contribution in [1.82, 2.24) is 4.90 Å². The normalized spacial score (nSPS) is 29.5. The van der Waals surface area contributed by atoms with E-state index < -0.39 is 16.8 Å². The Morgan fingerprint density at radius 2 is 1.78 bits per heavy atom. The van der Waals surface area contributed by atoms with Crippen molar-refractivity contribution in [2.45, 2.75) is 68.5 Å². The van der Waals surface area contributed by atoms with Crippen molar-refractivity contribution in [3.63, 3.8) is 0 Å². The molecular weight excluding hydrogens is 250 g/mol. The molecule has 2 rings (SSSR count). The third-order valence-corrected chi connectivity index (χ3v) is 5.75. The van der Waals surface area contributed by atoms with Gasteiger partial charge in [0.2, 0.25) is 5.91 Å². The molecule has 1 heterocycles. The quantitative estimate of drug-likeness (QED) is 0.796. The zero-order valence-corrected chi connectivity index (χ0v) is 12.0. The maximum absolute atomic E-state index is 12.0. The number of rotatable bonds is 1. The highest BCUT2D eigenvalue weighted by Gasteiger charge is 2.60. The molecule has 2 fully saturated rings. The molecule has 1 unspecified atom stereocenters. The molecule has 5 heteroatoms. The molecular formula is C13H21NO3S. The minimum atomic E-state index is -0.884. The van der Waals surface area contributed by atoms with Crippen LogP contribution in [0.1, 0.15) is 52.9 Å². The number of carboxylic acid groups (broad SMARTS) is 1. The summed E-state index contributed by atoms with van der Waals surface area (Å²) >= 11 is 1.69. The lowest BCUT2D eigenvalue weighted by molar-refractivity contribution is -0.153. The van der Waals surface area contributed by atoms with Crippen molar-refractivity contribution >= 4 is 23.6 Å². The summed E-state index contributed by atoms with van der Waals surface area (Å²) in [4.78, 5) is 24.9. The van der Waals surface area contributed by atoms with E-state index in [0.29, 0.717) is 0 Å². The van der Waals surface area contributed by atoms with Crippen LogP contribution >= 0.6 is 11.8 Å². The summed E-state index contributed by atoms with van der Waals surface area (Å²) in [7, 11) is 0. The van der Waals surface area contributed by atoms with Crippen LogP contribution in [0.3, 0.4) is 0 Å².